The van der Waals surface area contributed by atoms with Crippen LogP contribution in [0.5, 0.6) is 0 Å². The van der Waals surface area contributed by atoms with E-state index in [0.29, 0.717) is 0 Å². The Morgan fingerprint density at radius 1 is 0.567 bits per heavy atom. The fourth-order valence-corrected chi connectivity index (χ4v) is 10.7. The van der Waals surface area contributed by atoms with E-state index in [4.69, 9.17) is 8.83 Å². The number of hydrogen-bond donors (Lipinski definition) is 1. The fraction of sp³-hybridized carbons (Fsp3) is 0.127. The Morgan fingerprint density at radius 3 is 2.08 bits per heavy atom. The molecule has 0 radical (unpaired) electrons. The highest BCUT2D eigenvalue weighted by Gasteiger charge is 2.38. The second-order valence-corrected chi connectivity index (χ2v) is 18.6. The topological polar surface area (TPSA) is 43.2 Å². The molecule has 1 N–H and O–H groups in total. The van der Waals surface area contributed by atoms with E-state index in [-0.39, 0.29) is 10.8 Å². The van der Waals surface area contributed by atoms with Gasteiger partial charge in [-0.2, -0.15) is 0 Å². The van der Waals surface area contributed by atoms with Crippen molar-refractivity contribution in [2.24, 2.45) is 0 Å². The molecule has 11 aromatic rings. The highest BCUT2D eigenvalue weighted by Crippen LogP contribution is 2.50. The third-order valence-electron chi connectivity index (χ3n) is 13.8. The Hall–Kier alpha value is -6.98. The lowest BCUT2D eigenvalue weighted by atomic mass is 9.58. The van der Waals surface area contributed by atoms with Crippen molar-refractivity contribution in [1.29, 1.82) is 0 Å². The summed E-state index contributed by atoms with van der Waals surface area (Å²) in [6, 6.07) is 53.5. The molecule has 0 amide bonds. The molecule has 60 heavy (non-hydrogen) atoms. The largest absolute Gasteiger partial charge is 0.456 e. The Balaban J connectivity index is 1.12. The van der Waals surface area contributed by atoms with E-state index < -0.39 is 0 Å². The van der Waals surface area contributed by atoms with Gasteiger partial charge < -0.3 is 18.7 Å². The minimum atomic E-state index is -0.120. The smallest absolute Gasteiger partial charge is 0.198 e. The van der Waals surface area contributed by atoms with Crippen molar-refractivity contribution in [3.63, 3.8) is 0 Å². The van der Waals surface area contributed by atoms with Crippen LogP contribution in [0.15, 0.2) is 154 Å². The quantitative estimate of drug-likeness (QED) is 0.182. The zero-order chi connectivity index (χ0) is 40.2. The van der Waals surface area contributed by atoms with Crippen LogP contribution in [0.25, 0.3) is 93.6 Å². The highest BCUT2D eigenvalue weighted by atomic mass is 16.3. The Bertz CT molecular complexity index is 3670. The maximum absolute atomic E-state index is 6.80. The van der Waals surface area contributed by atoms with Crippen molar-refractivity contribution in [3.05, 3.63) is 162 Å². The van der Waals surface area contributed by atoms with E-state index >= 15 is 0 Å². The van der Waals surface area contributed by atoms with E-state index in [1.807, 2.05) is 6.07 Å². The number of nitrogens with zero attached hydrogens (tertiary/aromatic N) is 1. The number of nitrogens with one attached hydrogen (secondary N) is 1. The van der Waals surface area contributed by atoms with Crippen LogP contribution in [0.4, 0.5) is 11.4 Å². The second kappa shape index (κ2) is 11.6. The van der Waals surface area contributed by atoms with Crippen LogP contribution in [0, 0.1) is 0 Å². The van der Waals surface area contributed by atoms with Gasteiger partial charge in [-0.25, -0.2) is 0 Å². The molecular formula is C55H41BN2O2. The van der Waals surface area contributed by atoms with E-state index in [9.17, 15) is 0 Å². The third kappa shape index (κ3) is 4.52. The lowest BCUT2D eigenvalue weighted by Gasteiger charge is -2.27. The maximum atomic E-state index is 6.80. The molecule has 0 saturated heterocycles. The average molecular weight is 773 g/mol. The normalized spacial score (nSPS) is 14.0. The van der Waals surface area contributed by atoms with Crippen molar-refractivity contribution in [2.75, 3.05) is 5.32 Å². The Morgan fingerprint density at radius 2 is 1.28 bits per heavy atom. The number of benzene rings is 8. The molecule has 5 heteroatoms. The molecule has 8 aromatic carbocycles. The molecule has 4 nitrogen and oxygen atoms in total. The fourth-order valence-electron chi connectivity index (χ4n) is 10.7. The first kappa shape index (κ1) is 33.9. The van der Waals surface area contributed by atoms with Crippen LogP contribution in [0.2, 0.25) is 0 Å². The van der Waals surface area contributed by atoms with Gasteiger partial charge >= 0.3 is 0 Å². The number of para-hydroxylation sites is 2. The SMILES string of the molecule is CC(C)(C)c1ccc(Nc2cc3c(cc2-c2ccc4c5c6oc7ccccc7c6ccc5n5c4c2Bc2cc4c(cc2-5)C(C)(C)c2ccccc2-4)oc2ccccc23)cc1. The first-order valence-corrected chi connectivity index (χ1v) is 21.1. The molecule has 1 aliphatic carbocycles. The van der Waals surface area contributed by atoms with Gasteiger partial charge in [-0.3, -0.25) is 0 Å². The van der Waals surface area contributed by atoms with Crippen molar-refractivity contribution in [1.82, 2.24) is 4.57 Å². The first-order valence-electron chi connectivity index (χ1n) is 21.1. The van der Waals surface area contributed by atoms with Crippen molar-refractivity contribution in [3.8, 4) is 27.9 Å². The van der Waals surface area contributed by atoms with Gasteiger partial charge in [0.05, 0.1) is 10.9 Å². The second-order valence-electron chi connectivity index (χ2n) is 18.6. The Kier molecular flexibility index (Phi) is 6.57. The number of fused-ring (bicyclic) bond motifs is 15. The van der Waals surface area contributed by atoms with Crippen molar-refractivity contribution >= 4 is 95.3 Å². The minimum Gasteiger partial charge on any atom is -0.456 e. The lowest BCUT2D eigenvalue weighted by Crippen LogP contribution is -2.37. The zero-order valence-corrected chi connectivity index (χ0v) is 34.3. The molecular weight excluding hydrogens is 731 g/mol. The molecule has 0 unspecified atom stereocenters. The predicted molar refractivity (Wildman–Crippen MR) is 253 cm³/mol. The van der Waals surface area contributed by atoms with E-state index in [0.717, 1.165) is 79.0 Å². The van der Waals surface area contributed by atoms with Gasteiger partial charge in [0, 0.05) is 60.5 Å². The van der Waals surface area contributed by atoms with E-state index in [2.05, 4.69) is 184 Å². The molecule has 0 atom stereocenters. The molecule has 2 aliphatic rings. The van der Waals surface area contributed by atoms with Gasteiger partial charge in [-0.15, -0.1) is 0 Å². The summed E-state index contributed by atoms with van der Waals surface area (Å²) in [4.78, 5) is 0. The molecule has 4 heterocycles. The van der Waals surface area contributed by atoms with Crippen LogP contribution < -0.4 is 16.2 Å². The Labute approximate surface area is 348 Å². The number of rotatable bonds is 3. The summed E-state index contributed by atoms with van der Waals surface area (Å²) in [6.07, 6.45) is 0. The van der Waals surface area contributed by atoms with Crippen molar-refractivity contribution in [2.45, 2.75) is 45.4 Å². The van der Waals surface area contributed by atoms with Gasteiger partial charge in [0.15, 0.2) is 7.28 Å². The summed E-state index contributed by atoms with van der Waals surface area (Å²) >= 11 is 0. The number of hydrogen-bond acceptors (Lipinski definition) is 3. The summed E-state index contributed by atoms with van der Waals surface area (Å²) in [7, 11) is 0.787. The van der Waals surface area contributed by atoms with Crippen molar-refractivity contribution < 1.29 is 8.83 Å². The lowest BCUT2D eigenvalue weighted by molar-refractivity contribution is 0.590. The van der Waals surface area contributed by atoms with Crippen LogP contribution in [-0.4, -0.2) is 11.8 Å². The van der Waals surface area contributed by atoms with Gasteiger partial charge in [0.1, 0.15) is 22.3 Å². The maximum Gasteiger partial charge on any atom is 0.198 e. The molecule has 0 bridgehead atoms. The number of aromatic nitrogens is 1. The average Bonchev–Trinajstić information content (AvgIpc) is 3.97. The standard InChI is InChI=1S/C55H41BN2O2/c1-54(2,3)30-18-20-31(21-19-30)57-44-27-40-34-14-8-10-16-47(34)59-49(40)28-39(44)35-22-23-37-50-45(25-24-36-33-13-7-11-17-48(33)60-53(36)50)58-46-29-42-38(26-43(46)56-51(35)52(37)58)32-12-6-9-15-41(32)55(42,4)5/h6-29,56-57H,1-5H3. The van der Waals surface area contributed by atoms with E-state index in [1.54, 1.807) is 0 Å². The molecule has 0 saturated carbocycles. The number of furan rings is 2. The summed E-state index contributed by atoms with van der Waals surface area (Å²) in [5.74, 6) is 0. The summed E-state index contributed by atoms with van der Waals surface area (Å²) in [6.45, 7) is 11.5. The number of anilines is 2. The molecule has 0 fully saturated rings. The van der Waals surface area contributed by atoms with Gasteiger partial charge in [-0.1, -0.05) is 131 Å². The summed E-state index contributed by atoms with van der Waals surface area (Å²) in [5, 5.41) is 10.8. The van der Waals surface area contributed by atoms with Crippen LogP contribution in [0.1, 0.15) is 51.3 Å². The van der Waals surface area contributed by atoms with Gasteiger partial charge in [0.2, 0.25) is 0 Å². The van der Waals surface area contributed by atoms with Crippen LogP contribution in [0.3, 0.4) is 0 Å². The predicted octanol–water partition coefficient (Wildman–Crippen LogP) is 13.3. The highest BCUT2D eigenvalue weighted by molar-refractivity contribution is 6.73. The molecule has 286 valence electrons. The van der Waals surface area contributed by atoms with Gasteiger partial charge in [-0.05, 0) is 98.9 Å². The first-order chi connectivity index (χ1) is 29.1. The molecule has 3 aromatic heterocycles. The monoisotopic (exact) mass is 772 g/mol. The summed E-state index contributed by atoms with van der Waals surface area (Å²) < 4.78 is 16.0. The zero-order valence-electron chi connectivity index (χ0n) is 34.3. The van der Waals surface area contributed by atoms with E-state index in [1.165, 1.54) is 60.9 Å². The van der Waals surface area contributed by atoms with Gasteiger partial charge in [0.25, 0.3) is 0 Å². The molecule has 13 rings (SSSR count). The third-order valence-corrected chi connectivity index (χ3v) is 13.8. The molecule has 1 aliphatic heterocycles. The molecule has 0 spiro atoms. The minimum absolute atomic E-state index is 0.0665. The van der Waals surface area contributed by atoms with Crippen LogP contribution >= 0.6 is 0 Å². The van der Waals surface area contributed by atoms with Crippen LogP contribution in [-0.2, 0) is 10.8 Å². The summed E-state index contributed by atoms with van der Waals surface area (Å²) in [5.41, 5.74) is 21.0.